The van der Waals surface area contributed by atoms with Gasteiger partial charge in [-0.3, -0.25) is 0 Å². The molecule has 0 aromatic heterocycles. The number of nitrogens with one attached hydrogen (secondary N) is 1. The van der Waals surface area contributed by atoms with Gasteiger partial charge in [0.25, 0.3) is 0 Å². The highest BCUT2D eigenvalue weighted by Gasteiger charge is 2.31. The molecule has 1 heterocycles. The number of hydrogen-bond acceptors (Lipinski definition) is 1. The van der Waals surface area contributed by atoms with Crippen LogP contribution in [0.15, 0.2) is 0 Å². The Kier molecular flexibility index (Phi) is 1.83. The van der Waals surface area contributed by atoms with E-state index < -0.39 is 0 Å². The summed E-state index contributed by atoms with van der Waals surface area (Å²) < 4.78 is 0. The lowest BCUT2D eigenvalue weighted by molar-refractivity contribution is 0.218. The number of carbonyl (C=O) groups is 1. The van der Waals surface area contributed by atoms with Crippen molar-refractivity contribution in [3.8, 4) is 0 Å². The van der Waals surface area contributed by atoms with E-state index in [1.54, 1.807) is 4.90 Å². The molecule has 3 heteroatoms. The van der Waals surface area contributed by atoms with Gasteiger partial charge in [-0.1, -0.05) is 6.92 Å². The Labute approximate surface area is 61.4 Å². The lowest BCUT2D eigenvalue weighted by Gasteiger charge is -2.16. The summed E-state index contributed by atoms with van der Waals surface area (Å²) in [5.74, 6) is 0. The molecule has 1 N–H and O–H groups in total. The molecule has 2 atom stereocenters. The molecule has 1 aliphatic rings. The quantitative estimate of drug-likeness (QED) is 0.577. The van der Waals surface area contributed by atoms with Crippen LogP contribution < -0.4 is 5.32 Å². The fourth-order valence-electron chi connectivity index (χ4n) is 1.28. The molecule has 1 fully saturated rings. The lowest BCUT2D eigenvalue weighted by atomic mass is 10.1. The summed E-state index contributed by atoms with van der Waals surface area (Å²) in [4.78, 5) is 12.7. The second-order valence-electron chi connectivity index (χ2n) is 2.82. The van der Waals surface area contributed by atoms with Crippen LogP contribution in [0.25, 0.3) is 0 Å². The van der Waals surface area contributed by atoms with Gasteiger partial charge in [-0.05, 0) is 13.3 Å². The summed E-state index contributed by atoms with van der Waals surface area (Å²) in [6.07, 6.45) is 1.01. The summed E-state index contributed by atoms with van der Waals surface area (Å²) in [6, 6.07) is 0.745. The summed E-state index contributed by atoms with van der Waals surface area (Å²) in [5.41, 5.74) is 0. The molecule has 0 bridgehead atoms. The number of likely N-dealkylation sites (N-methyl/N-ethyl adjacent to an activating group) is 1. The van der Waals surface area contributed by atoms with Crippen molar-refractivity contribution >= 4 is 6.03 Å². The second-order valence-corrected chi connectivity index (χ2v) is 2.82. The van der Waals surface area contributed by atoms with E-state index in [2.05, 4.69) is 19.2 Å². The third-order valence-corrected chi connectivity index (χ3v) is 2.26. The van der Waals surface area contributed by atoms with Crippen molar-refractivity contribution in [1.29, 1.82) is 0 Å². The van der Waals surface area contributed by atoms with Gasteiger partial charge in [-0.15, -0.1) is 0 Å². The molecule has 1 saturated heterocycles. The predicted molar refractivity (Wildman–Crippen MR) is 39.8 cm³/mol. The molecule has 0 aromatic carbocycles. The van der Waals surface area contributed by atoms with E-state index >= 15 is 0 Å². The van der Waals surface area contributed by atoms with Crippen LogP contribution in [0.1, 0.15) is 20.3 Å². The van der Waals surface area contributed by atoms with Gasteiger partial charge in [0.15, 0.2) is 0 Å². The van der Waals surface area contributed by atoms with Gasteiger partial charge in [0.2, 0.25) is 0 Å². The van der Waals surface area contributed by atoms with Crippen molar-refractivity contribution in [1.82, 2.24) is 10.2 Å². The first-order valence-corrected chi connectivity index (χ1v) is 3.70. The van der Waals surface area contributed by atoms with E-state index in [9.17, 15) is 4.79 Å². The summed E-state index contributed by atoms with van der Waals surface area (Å²) in [5, 5.41) is 2.89. The molecule has 3 nitrogen and oxygen atoms in total. The Morgan fingerprint density at radius 2 is 2.30 bits per heavy atom. The molecular weight excluding hydrogens is 128 g/mol. The highest BCUT2D eigenvalue weighted by Crippen LogP contribution is 2.12. The normalized spacial score (nSPS) is 32.7. The highest BCUT2D eigenvalue weighted by atomic mass is 16.2. The van der Waals surface area contributed by atoms with Crippen LogP contribution in [-0.4, -0.2) is 30.1 Å². The topological polar surface area (TPSA) is 32.3 Å². The molecular formula is C7H14N2O. The van der Waals surface area contributed by atoms with Gasteiger partial charge in [-0.25, -0.2) is 4.79 Å². The van der Waals surface area contributed by atoms with Crippen molar-refractivity contribution in [3.05, 3.63) is 0 Å². The van der Waals surface area contributed by atoms with Crippen molar-refractivity contribution < 1.29 is 4.79 Å². The molecule has 0 radical (unpaired) electrons. The molecule has 58 valence electrons. The van der Waals surface area contributed by atoms with Crippen LogP contribution in [-0.2, 0) is 0 Å². The van der Waals surface area contributed by atoms with Crippen LogP contribution in [0, 0.1) is 0 Å². The van der Waals surface area contributed by atoms with Gasteiger partial charge in [-0.2, -0.15) is 0 Å². The number of carbonyl (C=O) groups excluding carboxylic acids is 1. The predicted octanol–water partition coefficient (Wildman–Crippen LogP) is 0.808. The zero-order chi connectivity index (χ0) is 7.72. The van der Waals surface area contributed by atoms with Crippen LogP contribution in [0.4, 0.5) is 4.79 Å². The van der Waals surface area contributed by atoms with E-state index in [0.717, 1.165) is 6.42 Å². The summed E-state index contributed by atoms with van der Waals surface area (Å²) in [6.45, 7) is 4.15. The minimum absolute atomic E-state index is 0.0550. The van der Waals surface area contributed by atoms with Crippen molar-refractivity contribution in [3.63, 3.8) is 0 Å². The van der Waals surface area contributed by atoms with Crippen LogP contribution in [0.3, 0.4) is 0 Å². The molecule has 10 heavy (non-hydrogen) atoms. The SMILES string of the molecule is CCC1NC(=O)N(C)C1C. The summed E-state index contributed by atoms with van der Waals surface area (Å²) in [7, 11) is 1.83. The van der Waals surface area contributed by atoms with Crippen molar-refractivity contribution in [2.45, 2.75) is 32.4 Å². The van der Waals surface area contributed by atoms with Gasteiger partial charge >= 0.3 is 6.03 Å². The number of rotatable bonds is 1. The Bertz CT molecular complexity index is 147. The third kappa shape index (κ3) is 0.958. The second kappa shape index (κ2) is 2.48. The average Bonchev–Trinajstić information content (AvgIpc) is 2.17. The number of nitrogens with zero attached hydrogens (tertiary/aromatic N) is 1. The Balaban J connectivity index is 2.61. The lowest BCUT2D eigenvalue weighted by Crippen LogP contribution is -2.30. The molecule has 0 aliphatic carbocycles. The van der Waals surface area contributed by atoms with Crippen molar-refractivity contribution in [2.75, 3.05) is 7.05 Å². The fraction of sp³-hybridized carbons (Fsp3) is 0.857. The van der Waals surface area contributed by atoms with Gasteiger partial charge in [0.05, 0.1) is 12.1 Å². The zero-order valence-electron chi connectivity index (χ0n) is 6.72. The van der Waals surface area contributed by atoms with Gasteiger partial charge in [0.1, 0.15) is 0 Å². The van der Waals surface area contributed by atoms with Gasteiger partial charge in [0, 0.05) is 7.05 Å². The van der Waals surface area contributed by atoms with Crippen LogP contribution in [0.5, 0.6) is 0 Å². The fourth-order valence-corrected chi connectivity index (χ4v) is 1.28. The minimum Gasteiger partial charge on any atom is -0.333 e. The van der Waals surface area contributed by atoms with E-state index in [4.69, 9.17) is 0 Å². The van der Waals surface area contributed by atoms with Crippen molar-refractivity contribution in [2.24, 2.45) is 0 Å². The molecule has 2 amide bonds. The maximum Gasteiger partial charge on any atom is 0.317 e. The number of hydrogen-bond donors (Lipinski definition) is 1. The van der Waals surface area contributed by atoms with E-state index in [0.29, 0.717) is 12.1 Å². The number of amides is 2. The zero-order valence-corrected chi connectivity index (χ0v) is 6.72. The molecule has 1 rings (SSSR count). The van der Waals surface area contributed by atoms with E-state index in [-0.39, 0.29) is 6.03 Å². The number of urea groups is 1. The average molecular weight is 142 g/mol. The molecule has 0 aromatic rings. The minimum atomic E-state index is 0.0550. The first-order chi connectivity index (χ1) is 4.66. The smallest absolute Gasteiger partial charge is 0.317 e. The standard InChI is InChI=1S/C7H14N2O/c1-4-6-5(2)9(3)7(10)8-6/h5-6H,4H2,1-3H3,(H,8,10). The van der Waals surface area contributed by atoms with Gasteiger partial charge < -0.3 is 10.2 Å². The van der Waals surface area contributed by atoms with Crippen LogP contribution in [0.2, 0.25) is 0 Å². The highest BCUT2D eigenvalue weighted by molar-refractivity contribution is 5.77. The molecule has 0 spiro atoms. The van der Waals surface area contributed by atoms with E-state index in [1.807, 2.05) is 7.05 Å². The van der Waals surface area contributed by atoms with E-state index in [1.165, 1.54) is 0 Å². The molecule has 2 unspecified atom stereocenters. The Hall–Kier alpha value is -0.730. The maximum atomic E-state index is 11.0. The largest absolute Gasteiger partial charge is 0.333 e. The first kappa shape index (κ1) is 7.38. The maximum absolute atomic E-state index is 11.0. The Morgan fingerprint density at radius 3 is 2.50 bits per heavy atom. The third-order valence-electron chi connectivity index (χ3n) is 2.26. The molecule has 1 aliphatic heterocycles. The molecule has 0 saturated carbocycles. The monoisotopic (exact) mass is 142 g/mol. The summed E-state index contributed by atoms with van der Waals surface area (Å²) >= 11 is 0. The van der Waals surface area contributed by atoms with Crippen LogP contribution >= 0.6 is 0 Å². The first-order valence-electron chi connectivity index (χ1n) is 3.70. The Morgan fingerprint density at radius 1 is 1.70 bits per heavy atom.